The largest absolute Gasteiger partial charge is 0.277 e. The highest BCUT2D eigenvalue weighted by atomic mass is 15.1. The van der Waals surface area contributed by atoms with Gasteiger partial charge in [-0.15, -0.1) is 0 Å². The van der Waals surface area contributed by atoms with E-state index in [0.29, 0.717) is 0 Å². The molecule has 0 fully saturated rings. The quantitative estimate of drug-likeness (QED) is 0.722. The van der Waals surface area contributed by atoms with Crippen molar-refractivity contribution in [1.29, 1.82) is 0 Å². The molecular formula is C14H11N3. The van der Waals surface area contributed by atoms with Crippen LogP contribution < -0.4 is 0 Å². The average molecular weight is 221 g/mol. The number of hydrogen-bond donors (Lipinski definition) is 1. The molecule has 0 unspecified atom stereocenters. The van der Waals surface area contributed by atoms with Crippen molar-refractivity contribution >= 4 is 0 Å². The molecule has 0 amide bonds. The Balaban J connectivity index is 2.13. The van der Waals surface area contributed by atoms with E-state index < -0.39 is 0 Å². The summed E-state index contributed by atoms with van der Waals surface area (Å²) in [4.78, 5) is 4.13. The van der Waals surface area contributed by atoms with Gasteiger partial charge in [0.25, 0.3) is 0 Å². The van der Waals surface area contributed by atoms with Gasteiger partial charge in [-0.2, -0.15) is 5.10 Å². The maximum absolute atomic E-state index is 4.13. The minimum absolute atomic E-state index is 1.00. The summed E-state index contributed by atoms with van der Waals surface area (Å²) in [6.45, 7) is 0. The summed E-state index contributed by atoms with van der Waals surface area (Å²) >= 11 is 0. The molecule has 3 nitrogen and oxygen atoms in total. The van der Waals surface area contributed by atoms with Crippen molar-refractivity contribution in [1.82, 2.24) is 15.2 Å². The predicted octanol–water partition coefficient (Wildman–Crippen LogP) is 3.14. The zero-order chi connectivity index (χ0) is 11.5. The van der Waals surface area contributed by atoms with Crippen molar-refractivity contribution in [3.05, 3.63) is 61.1 Å². The second-order valence-electron chi connectivity index (χ2n) is 3.77. The second kappa shape index (κ2) is 4.22. The number of benzene rings is 1. The minimum Gasteiger partial charge on any atom is -0.277 e. The number of hydrogen-bond acceptors (Lipinski definition) is 2. The van der Waals surface area contributed by atoms with Gasteiger partial charge in [-0.05, 0) is 17.7 Å². The summed E-state index contributed by atoms with van der Waals surface area (Å²) in [5.74, 6) is 0. The van der Waals surface area contributed by atoms with E-state index >= 15 is 0 Å². The molecule has 2 heterocycles. The number of aromatic amines is 1. The van der Waals surface area contributed by atoms with Gasteiger partial charge in [0.1, 0.15) is 0 Å². The first-order valence-corrected chi connectivity index (χ1v) is 5.44. The number of nitrogens with zero attached hydrogens (tertiary/aromatic N) is 2. The molecule has 0 bridgehead atoms. The fraction of sp³-hybridized carbons (Fsp3) is 0. The van der Waals surface area contributed by atoms with Crippen molar-refractivity contribution in [3.63, 3.8) is 0 Å². The first kappa shape index (κ1) is 9.78. The van der Waals surface area contributed by atoms with Crippen molar-refractivity contribution in [2.75, 3.05) is 0 Å². The van der Waals surface area contributed by atoms with E-state index in [9.17, 15) is 0 Å². The molecule has 0 saturated carbocycles. The molecule has 1 aromatic carbocycles. The van der Waals surface area contributed by atoms with Gasteiger partial charge >= 0.3 is 0 Å². The van der Waals surface area contributed by atoms with Gasteiger partial charge in [0.2, 0.25) is 0 Å². The number of H-pyrrole nitrogens is 1. The van der Waals surface area contributed by atoms with Gasteiger partial charge in [-0.3, -0.25) is 10.1 Å². The van der Waals surface area contributed by atoms with E-state index in [2.05, 4.69) is 27.3 Å². The average Bonchev–Trinajstić information content (AvgIpc) is 2.90. The van der Waals surface area contributed by atoms with E-state index in [1.807, 2.05) is 42.7 Å². The van der Waals surface area contributed by atoms with E-state index in [-0.39, 0.29) is 0 Å². The Morgan fingerprint density at radius 2 is 1.65 bits per heavy atom. The Labute approximate surface area is 99.2 Å². The van der Waals surface area contributed by atoms with Crippen LogP contribution in [0.15, 0.2) is 61.1 Å². The Hall–Kier alpha value is -2.42. The molecule has 0 aliphatic heterocycles. The maximum atomic E-state index is 4.13. The van der Waals surface area contributed by atoms with Crippen LogP contribution in [-0.4, -0.2) is 15.2 Å². The maximum Gasteiger partial charge on any atom is 0.0744 e. The van der Waals surface area contributed by atoms with Gasteiger partial charge in [-0.25, -0.2) is 0 Å². The normalized spacial score (nSPS) is 10.4. The van der Waals surface area contributed by atoms with Crippen LogP contribution >= 0.6 is 0 Å². The van der Waals surface area contributed by atoms with E-state index in [1.165, 1.54) is 0 Å². The van der Waals surface area contributed by atoms with Gasteiger partial charge in [-0.1, -0.05) is 30.3 Å². The summed E-state index contributed by atoms with van der Waals surface area (Å²) < 4.78 is 0. The number of rotatable bonds is 2. The monoisotopic (exact) mass is 221 g/mol. The molecule has 0 aliphatic rings. The second-order valence-corrected chi connectivity index (χ2v) is 3.77. The Bertz CT molecular complexity index is 546. The standard InChI is InChI=1S/C14H11N3/c1-2-5-11(6-3-1)13-10-16-17-14(13)12-7-4-8-15-9-12/h1-10H,(H,16,17). The third-order valence-corrected chi connectivity index (χ3v) is 2.67. The lowest BCUT2D eigenvalue weighted by atomic mass is 10.0. The Morgan fingerprint density at radius 3 is 2.41 bits per heavy atom. The number of aromatic nitrogens is 3. The van der Waals surface area contributed by atoms with Crippen LogP contribution in [0.2, 0.25) is 0 Å². The van der Waals surface area contributed by atoms with Crippen LogP contribution in [-0.2, 0) is 0 Å². The van der Waals surface area contributed by atoms with Crippen molar-refractivity contribution in [3.8, 4) is 22.4 Å². The lowest BCUT2D eigenvalue weighted by Gasteiger charge is -2.02. The SMILES string of the molecule is c1ccc(-c2cn[nH]c2-c2cccnc2)cc1. The Morgan fingerprint density at radius 1 is 0.824 bits per heavy atom. The fourth-order valence-corrected chi connectivity index (χ4v) is 1.85. The molecule has 0 aliphatic carbocycles. The molecule has 0 atom stereocenters. The first-order chi connectivity index (χ1) is 8.45. The molecule has 17 heavy (non-hydrogen) atoms. The Kier molecular flexibility index (Phi) is 2.43. The van der Waals surface area contributed by atoms with Crippen LogP contribution in [0.25, 0.3) is 22.4 Å². The highest BCUT2D eigenvalue weighted by Gasteiger charge is 2.08. The van der Waals surface area contributed by atoms with Crippen LogP contribution in [0.4, 0.5) is 0 Å². The van der Waals surface area contributed by atoms with E-state index in [4.69, 9.17) is 0 Å². The van der Waals surface area contributed by atoms with Crippen LogP contribution in [0.1, 0.15) is 0 Å². The third kappa shape index (κ3) is 1.83. The molecular weight excluding hydrogens is 210 g/mol. The predicted molar refractivity (Wildman–Crippen MR) is 67.3 cm³/mol. The zero-order valence-electron chi connectivity index (χ0n) is 9.17. The summed E-state index contributed by atoms with van der Waals surface area (Å²) in [6.07, 6.45) is 5.44. The highest BCUT2D eigenvalue weighted by molar-refractivity contribution is 5.79. The van der Waals surface area contributed by atoms with E-state index in [0.717, 1.165) is 22.4 Å². The molecule has 3 aromatic rings. The van der Waals surface area contributed by atoms with E-state index in [1.54, 1.807) is 6.20 Å². The van der Waals surface area contributed by atoms with Crippen LogP contribution in [0.5, 0.6) is 0 Å². The minimum atomic E-state index is 1.00. The summed E-state index contributed by atoms with van der Waals surface area (Å²) in [5, 5.41) is 7.15. The molecule has 0 spiro atoms. The van der Waals surface area contributed by atoms with Crippen LogP contribution in [0, 0.1) is 0 Å². The zero-order valence-corrected chi connectivity index (χ0v) is 9.17. The topological polar surface area (TPSA) is 41.6 Å². The highest BCUT2D eigenvalue weighted by Crippen LogP contribution is 2.28. The van der Waals surface area contributed by atoms with Crippen LogP contribution in [0.3, 0.4) is 0 Å². The van der Waals surface area contributed by atoms with Gasteiger partial charge in [0.05, 0.1) is 11.9 Å². The third-order valence-electron chi connectivity index (χ3n) is 2.67. The van der Waals surface area contributed by atoms with Crippen molar-refractivity contribution in [2.45, 2.75) is 0 Å². The molecule has 3 rings (SSSR count). The molecule has 3 heteroatoms. The first-order valence-electron chi connectivity index (χ1n) is 5.44. The molecule has 0 saturated heterocycles. The van der Waals surface area contributed by atoms with Crippen molar-refractivity contribution in [2.24, 2.45) is 0 Å². The summed E-state index contributed by atoms with van der Waals surface area (Å²) in [6, 6.07) is 14.1. The molecule has 0 radical (unpaired) electrons. The number of nitrogens with one attached hydrogen (secondary N) is 1. The lowest BCUT2D eigenvalue weighted by Crippen LogP contribution is -1.83. The van der Waals surface area contributed by atoms with Gasteiger partial charge < -0.3 is 0 Å². The lowest BCUT2D eigenvalue weighted by molar-refractivity contribution is 1.09. The summed E-state index contributed by atoms with van der Waals surface area (Å²) in [5.41, 5.74) is 4.30. The molecule has 1 N–H and O–H groups in total. The van der Waals surface area contributed by atoms with Gasteiger partial charge in [0.15, 0.2) is 0 Å². The summed E-state index contributed by atoms with van der Waals surface area (Å²) in [7, 11) is 0. The fourth-order valence-electron chi connectivity index (χ4n) is 1.85. The van der Waals surface area contributed by atoms with Gasteiger partial charge in [0, 0.05) is 23.5 Å². The molecule has 82 valence electrons. The molecule has 2 aromatic heterocycles. The van der Waals surface area contributed by atoms with Crippen molar-refractivity contribution < 1.29 is 0 Å². The smallest absolute Gasteiger partial charge is 0.0744 e. The number of pyridine rings is 1.